The maximum absolute atomic E-state index is 10.7. The van der Waals surface area contributed by atoms with Crippen molar-refractivity contribution >= 4 is 10.1 Å². The molecule has 15 heavy (non-hydrogen) atoms. The monoisotopic (exact) mass is 250 g/mol. The molecule has 1 aromatic rings. The van der Waals surface area contributed by atoms with Gasteiger partial charge in [-0.05, 0) is 25.5 Å². The minimum Gasteiger partial charge on any atom is -0.743 e. The summed E-state index contributed by atoms with van der Waals surface area (Å²) in [6.07, 6.45) is 0. The van der Waals surface area contributed by atoms with E-state index in [4.69, 9.17) is 5.26 Å². The van der Waals surface area contributed by atoms with E-state index in [1.807, 2.05) is 0 Å². The zero-order chi connectivity index (χ0) is 10.9. The second kappa shape index (κ2) is 5.50. The van der Waals surface area contributed by atoms with Gasteiger partial charge in [-0.15, -0.1) is 0 Å². The van der Waals surface area contributed by atoms with E-state index in [1.54, 1.807) is 26.0 Å². The first-order chi connectivity index (χ1) is 6.36. The first-order valence-electron chi connectivity index (χ1n) is 3.70. The van der Waals surface area contributed by atoms with E-state index in [-0.39, 0.29) is 56.9 Å². The van der Waals surface area contributed by atoms with Crippen LogP contribution in [0.5, 0.6) is 0 Å². The molecular weight excluding hydrogens is 243 g/mol. The van der Waals surface area contributed by atoms with E-state index < -0.39 is 15.1 Å². The Bertz CT molecular complexity index is 519. The molecule has 7 heteroatoms. The standard InChI is InChI=1S/C8H8N2O3S.K/c1-5-3-6(2)10-8(7(5)4-9)14(11,12)13;/h3H,1-2H3,(H,11,12,13);/q;+1/p-1. The van der Waals surface area contributed by atoms with Crippen molar-refractivity contribution in [3.63, 3.8) is 0 Å². The summed E-state index contributed by atoms with van der Waals surface area (Å²) < 4.78 is 32.2. The molecule has 0 aromatic carbocycles. The summed E-state index contributed by atoms with van der Waals surface area (Å²) in [4.78, 5) is 3.55. The first-order valence-corrected chi connectivity index (χ1v) is 5.11. The molecule has 1 aromatic heterocycles. The van der Waals surface area contributed by atoms with Crippen LogP contribution in [-0.4, -0.2) is 18.0 Å². The van der Waals surface area contributed by atoms with Crippen molar-refractivity contribution in [1.82, 2.24) is 4.98 Å². The van der Waals surface area contributed by atoms with Crippen molar-refractivity contribution in [2.75, 3.05) is 0 Å². The Morgan fingerprint density at radius 2 is 2.00 bits per heavy atom. The molecule has 0 spiro atoms. The zero-order valence-electron chi connectivity index (χ0n) is 8.60. The third-order valence-electron chi connectivity index (χ3n) is 1.66. The maximum atomic E-state index is 10.7. The Morgan fingerprint density at radius 1 is 1.47 bits per heavy atom. The van der Waals surface area contributed by atoms with Gasteiger partial charge in [0.15, 0.2) is 5.03 Å². The Balaban J connectivity index is 0.00000196. The Morgan fingerprint density at radius 3 is 2.40 bits per heavy atom. The van der Waals surface area contributed by atoms with Crippen molar-refractivity contribution in [3.05, 3.63) is 22.9 Å². The second-order valence-electron chi connectivity index (χ2n) is 2.83. The van der Waals surface area contributed by atoms with Crippen LogP contribution in [-0.2, 0) is 10.1 Å². The van der Waals surface area contributed by atoms with Gasteiger partial charge in [0, 0.05) is 5.69 Å². The maximum Gasteiger partial charge on any atom is 1.00 e. The average Bonchev–Trinajstić information content (AvgIpc) is 2.01. The number of nitrogens with zero attached hydrogens (tertiary/aromatic N) is 2. The summed E-state index contributed by atoms with van der Waals surface area (Å²) >= 11 is 0. The van der Waals surface area contributed by atoms with Gasteiger partial charge in [0.2, 0.25) is 0 Å². The number of hydrogen-bond donors (Lipinski definition) is 0. The van der Waals surface area contributed by atoms with E-state index in [1.165, 1.54) is 0 Å². The van der Waals surface area contributed by atoms with Crippen molar-refractivity contribution < 1.29 is 64.4 Å². The van der Waals surface area contributed by atoms with Crippen LogP contribution < -0.4 is 51.4 Å². The molecule has 0 saturated carbocycles. The molecule has 0 saturated heterocycles. The summed E-state index contributed by atoms with van der Waals surface area (Å²) in [6.45, 7) is 3.12. The van der Waals surface area contributed by atoms with Gasteiger partial charge in [-0.2, -0.15) is 5.26 Å². The predicted octanol–water partition coefficient (Wildman–Crippen LogP) is -2.52. The molecule has 0 aliphatic rings. The minimum atomic E-state index is -4.67. The molecule has 0 aliphatic heterocycles. The molecule has 0 aliphatic carbocycles. The Kier molecular flexibility index (Phi) is 5.56. The fourth-order valence-corrected chi connectivity index (χ4v) is 1.83. The summed E-state index contributed by atoms with van der Waals surface area (Å²) in [7, 11) is -4.67. The molecule has 0 N–H and O–H groups in total. The van der Waals surface area contributed by atoms with E-state index >= 15 is 0 Å². The van der Waals surface area contributed by atoms with Crippen LogP contribution in [0.15, 0.2) is 11.1 Å². The molecule has 0 atom stereocenters. The van der Waals surface area contributed by atoms with Crippen LogP contribution in [0.3, 0.4) is 0 Å². The van der Waals surface area contributed by atoms with Crippen molar-refractivity contribution in [1.29, 1.82) is 5.26 Å². The fraction of sp³-hybridized carbons (Fsp3) is 0.250. The van der Waals surface area contributed by atoms with Crippen LogP contribution in [0.25, 0.3) is 0 Å². The Labute approximate surface area is 131 Å². The number of aromatic nitrogens is 1. The average molecular weight is 250 g/mol. The summed E-state index contributed by atoms with van der Waals surface area (Å²) in [5.41, 5.74) is 0.663. The third-order valence-corrected chi connectivity index (χ3v) is 2.43. The number of pyridine rings is 1. The van der Waals surface area contributed by atoms with Gasteiger partial charge >= 0.3 is 51.4 Å². The first kappa shape index (κ1) is 15.2. The summed E-state index contributed by atoms with van der Waals surface area (Å²) in [6, 6.07) is 3.20. The third kappa shape index (κ3) is 3.60. The van der Waals surface area contributed by atoms with Crippen LogP contribution in [0.4, 0.5) is 0 Å². The normalized spacial score (nSPS) is 10.3. The molecule has 0 bridgehead atoms. The number of nitriles is 1. The minimum absolute atomic E-state index is 0. The summed E-state index contributed by atoms with van der Waals surface area (Å²) in [5.74, 6) is 0. The van der Waals surface area contributed by atoms with Gasteiger partial charge in [-0.25, -0.2) is 13.4 Å². The van der Waals surface area contributed by atoms with Gasteiger partial charge in [-0.1, -0.05) is 0 Å². The Hall–Kier alpha value is 0.186. The molecular formula is C8H7KN2O3S. The van der Waals surface area contributed by atoms with Gasteiger partial charge in [-0.3, -0.25) is 0 Å². The topological polar surface area (TPSA) is 93.9 Å². The number of hydrogen-bond acceptors (Lipinski definition) is 5. The van der Waals surface area contributed by atoms with Gasteiger partial charge in [0.1, 0.15) is 16.2 Å². The second-order valence-corrected chi connectivity index (χ2v) is 4.12. The molecule has 5 nitrogen and oxygen atoms in total. The molecule has 0 radical (unpaired) electrons. The van der Waals surface area contributed by atoms with E-state index in [0.717, 1.165) is 0 Å². The largest absolute Gasteiger partial charge is 1.00 e. The smallest absolute Gasteiger partial charge is 0.743 e. The van der Waals surface area contributed by atoms with E-state index in [9.17, 15) is 13.0 Å². The molecule has 0 amide bonds. The zero-order valence-corrected chi connectivity index (χ0v) is 12.5. The number of rotatable bonds is 1. The van der Waals surface area contributed by atoms with E-state index in [0.29, 0.717) is 11.3 Å². The predicted molar refractivity (Wildman–Crippen MR) is 46.4 cm³/mol. The quantitative estimate of drug-likeness (QED) is 0.405. The molecule has 1 rings (SSSR count). The van der Waals surface area contributed by atoms with Gasteiger partial charge in [0.25, 0.3) is 0 Å². The summed E-state index contributed by atoms with van der Waals surface area (Å²) in [5, 5.41) is 7.98. The fourth-order valence-electron chi connectivity index (χ4n) is 1.12. The van der Waals surface area contributed by atoms with Crippen molar-refractivity contribution in [2.45, 2.75) is 18.9 Å². The van der Waals surface area contributed by atoms with Gasteiger partial charge < -0.3 is 4.55 Å². The van der Waals surface area contributed by atoms with Gasteiger partial charge in [0.05, 0.1) is 5.56 Å². The van der Waals surface area contributed by atoms with Crippen molar-refractivity contribution in [2.24, 2.45) is 0 Å². The van der Waals surface area contributed by atoms with Crippen LogP contribution in [0.2, 0.25) is 0 Å². The number of aryl methyl sites for hydroxylation is 2. The van der Waals surface area contributed by atoms with Crippen LogP contribution in [0, 0.1) is 25.2 Å². The van der Waals surface area contributed by atoms with Crippen LogP contribution >= 0.6 is 0 Å². The SMILES string of the molecule is Cc1cc(C)c(C#N)c(S(=O)(=O)[O-])n1.[K+]. The molecule has 1 heterocycles. The molecule has 74 valence electrons. The van der Waals surface area contributed by atoms with E-state index in [2.05, 4.69) is 4.98 Å². The van der Waals surface area contributed by atoms with Crippen LogP contribution in [0.1, 0.15) is 16.8 Å². The van der Waals surface area contributed by atoms with Crippen molar-refractivity contribution in [3.8, 4) is 6.07 Å². The molecule has 0 unspecified atom stereocenters. The molecule has 0 fully saturated rings.